The van der Waals surface area contributed by atoms with Crippen molar-refractivity contribution in [3.8, 4) is 0 Å². The summed E-state index contributed by atoms with van der Waals surface area (Å²) < 4.78 is 0. The molecule has 0 aromatic heterocycles. The first-order chi connectivity index (χ1) is 12.4. The molecular weight excluding hydrogens is 332 g/mol. The number of carbonyl (C=O) groups is 3. The summed E-state index contributed by atoms with van der Waals surface area (Å²) >= 11 is 0. The molecule has 2 aliphatic carbocycles. The molecule has 2 amide bonds. The van der Waals surface area contributed by atoms with Crippen LogP contribution < -0.4 is 5.32 Å². The number of likely N-dealkylation sites (tertiary alicyclic amines) is 1. The molecule has 0 radical (unpaired) electrons. The van der Waals surface area contributed by atoms with Crippen LogP contribution >= 0.6 is 0 Å². The van der Waals surface area contributed by atoms with Gasteiger partial charge in [0.1, 0.15) is 12.1 Å². The fourth-order valence-corrected chi connectivity index (χ4v) is 4.94. The molecule has 2 saturated carbocycles. The Morgan fingerprint density at radius 3 is 2.15 bits per heavy atom. The van der Waals surface area contributed by atoms with Crippen molar-refractivity contribution < 1.29 is 19.5 Å². The molecule has 2 unspecified atom stereocenters. The summed E-state index contributed by atoms with van der Waals surface area (Å²) in [5, 5.41) is 12.3. The summed E-state index contributed by atoms with van der Waals surface area (Å²) in [6, 6.07) is -1.38. The number of carbonyl (C=O) groups excluding carboxylic acids is 2. The quantitative estimate of drug-likeness (QED) is 0.758. The fraction of sp³-hybridized carbons (Fsp3) is 0.850. The van der Waals surface area contributed by atoms with Crippen molar-refractivity contribution in [1.29, 1.82) is 0 Å². The van der Waals surface area contributed by atoms with E-state index in [9.17, 15) is 19.5 Å². The molecule has 3 rings (SSSR count). The van der Waals surface area contributed by atoms with Crippen LogP contribution in [0.15, 0.2) is 0 Å². The van der Waals surface area contributed by atoms with Crippen LogP contribution in [0.4, 0.5) is 0 Å². The van der Waals surface area contributed by atoms with E-state index < -0.39 is 18.1 Å². The largest absolute Gasteiger partial charge is 0.480 e. The van der Waals surface area contributed by atoms with Crippen LogP contribution in [0.2, 0.25) is 0 Å². The second-order valence-electron chi connectivity index (χ2n) is 8.71. The van der Waals surface area contributed by atoms with E-state index in [1.54, 1.807) is 13.8 Å². The van der Waals surface area contributed by atoms with Gasteiger partial charge in [-0.1, -0.05) is 33.1 Å². The third-order valence-corrected chi connectivity index (χ3v) is 6.74. The highest BCUT2D eigenvalue weighted by Gasteiger charge is 2.42. The number of carboxylic acid groups (broad SMARTS) is 1. The number of hydrogen-bond donors (Lipinski definition) is 2. The summed E-state index contributed by atoms with van der Waals surface area (Å²) in [7, 11) is 0. The van der Waals surface area contributed by atoms with Crippen LogP contribution in [0.5, 0.6) is 0 Å². The van der Waals surface area contributed by atoms with Crippen LogP contribution in [0.3, 0.4) is 0 Å². The molecule has 1 saturated heterocycles. The standard InChI is InChI=1S/C20H32N2O4/c1-12(2)17(20(25)26)22-11-10-16(19(22)24)21-18(23)15-8-6-14(7-9-15)13-4-3-5-13/h12-17H,3-11H2,1-2H3,(H,21,23)(H,25,26). The third kappa shape index (κ3) is 3.89. The van der Waals surface area contributed by atoms with Gasteiger partial charge in [-0.05, 0) is 49.9 Å². The van der Waals surface area contributed by atoms with E-state index in [0.29, 0.717) is 13.0 Å². The second-order valence-corrected chi connectivity index (χ2v) is 8.71. The average Bonchev–Trinajstić information content (AvgIpc) is 2.87. The number of rotatable bonds is 6. The Morgan fingerprint density at radius 1 is 1.04 bits per heavy atom. The van der Waals surface area contributed by atoms with E-state index in [1.165, 1.54) is 24.2 Å². The van der Waals surface area contributed by atoms with Crippen molar-refractivity contribution >= 4 is 17.8 Å². The molecular formula is C20H32N2O4. The molecule has 0 aromatic carbocycles. The Morgan fingerprint density at radius 2 is 1.65 bits per heavy atom. The fourth-order valence-electron chi connectivity index (χ4n) is 4.94. The maximum absolute atomic E-state index is 12.6. The van der Waals surface area contributed by atoms with Crippen molar-refractivity contribution in [2.45, 2.75) is 77.3 Å². The Labute approximate surface area is 155 Å². The summed E-state index contributed by atoms with van der Waals surface area (Å²) in [4.78, 5) is 38.1. The van der Waals surface area contributed by atoms with E-state index >= 15 is 0 Å². The van der Waals surface area contributed by atoms with Gasteiger partial charge in [-0.15, -0.1) is 0 Å². The van der Waals surface area contributed by atoms with Crippen LogP contribution in [-0.2, 0) is 14.4 Å². The van der Waals surface area contributed by atoms with E-state index in [2.05, 4.69) is 5.32 Å². The summed E-state index contributed by atoms with van der Waals surface area (Å²) in [5.41, 5.74) is 0. The molecule has 2 N–H and O–H groups in total. The lowest BCUT2D eigenvalue weighted by Gasteiger charge is -2.38. The van der Waals surface area contributed by atoms with Crippen LogP contribution in [0.25, 0.3) is 0 Å². The highest BCUT2D eigenvalue weighted by atomic mass is 16.4. The zero-order valence-electron chi connectivity index (χ0n) is 15.9. The van der Waals surface area contributed by atoms with Crippen molar-refractivity contribution in [3.05, 3.63) is 0 Å². The van der Waals surface area contributed by atoms with Gasteiger partial charge in [0.2, 0.25) is 11.8 Å². The lowest BCUT2D eigenvalue weighted by atomic mass is 9.68. The number of amides is 2. The lowest BCUT2D eigenvalue weighted by Crippen LogP contribution is -2.50. The zero-order valence-corrected chi connectivity index (χ0v) is 15.9. The van der Waals surface area contributed by atoms with Gasteiger partial charge in [0.25, 0.3) is 0 Å². The first kappa shape index (κ1) is 19.2. The number of aliphatic carboxylic acids is 1. The van der Waals surface area contributed by atoms with E-state index in [4.69, 9.17) is 0 Å². The highest BCUT2D eigenvalue weighted by Crippen LogP contribution is 2.42. The molecule has 0 bridgehead atoms. The van der Waals surface area contributed by atoms with Gasteiger partial charge in [-0.3, -0.25) is 9.59 Å². The molecule has 26 heavy (non-hydrogen) atoms. The number of nitrogens with zero attached hydrogens (tertiary/aromatic N) is 1. The summed E-state index contributed by atoms with van der Waals surface area (Å²) in [6.45, 7) is 4.00. The molecule has 0 aromatic rings. The van der Waals surface area contributed by atoms with Crippen molar-refractivity contribution in [3.63, 3.8) is 0 Å². The minimum atomic E-state index is -0.977. The van der Waals surface area contributed by atoms with E-state index in [1.807, 2.05) is 0 Å². The Balaban J connectivity index is 1.50. The van der Waals surface area contributed by atoms with Gasteiger partial charge < -0.3 is 15.3 Å². The highest BCUT2D eigenvalue weighted by molar-refractivity contribution is 5.92. The molecule has 3 aliphatic rings. The minimum Gasteiger partial charge on any atom is -0.480 e. The van der Waals surface area contributed by atoms with Gasteiger partial charge in [-0.25, -0.2) is 4.79 Å². The van der Waals surface area contributed by atoms with Gasteiger partial charge in [-0.2, -0.15) is 0 Å². The van der Waals surface area contributed by atoms with Crippen LogP contribution in [0, 0.1) is 23.7 Å². The van der Waals surface area contributed by atoms with Crippen molar-refractivity contribution in [2.24, 2.45) is 23.7 Å². The van der Waals surface area contributed by atoms with Crippen LogP contribution in [-0.4, -0.2) is 46.4 Å². The maximum Gasteiger partial charge on any atom is 0.326 e. The minimum absolute atomic E-state index is 0.00791. The monoisotopic (exact) mass is 364 g/mol. The van der Waals surface area contributed by atoms with Crippen molar-refractivity contribution in [2.75, 3.05) is 6.54 Å². The first-order valence-electron chi connectivity index (χ1n) is 10.2. The van der Waals surface area contributed by atoms with E-state index in [-0.39, 0.29) is 23.7 Å². The third-order valence-electron chi connectivity index (χ3n) is 6.74. The normalized spacial score (nSPS) is 31.0. The summed E-state index contributed by atoms with van der Waals surface area (Å²) in [5.74, 6) is 0.277. The predicted molar refractivity (Wildman–Crippen MR) is 97.3 cm³/mol. The van der Waals surface area contributed by atoms with Gasteiger partial charge >= 0.3 is 5.97 Å². The molecule has 0 spiro atoms. The molecule has 146 valence electrons. The summed E-state index contributed by atoms with van der Waals surface area (Å²) in [6.07, 6.45) is 8.66. The molecule has 3 fully saturated rings. The number of nitrogens with one attached hydrogen (secondary N) is 1. The molecule has 6 heteroatoms. The Hall–Kier alpha value is -1.59. The van der Waals surface area contributed by atoms with Gasteiger partial charge in [0.15, 0.2) is 0 Å². The predicted octanol–water partition coefficient (Wildman–Crippen LogP) is 2.42. The number of hydrogen-bond acceptors (Lipinski definition) is 3. The lowest BCUT2D eigenvalue weighted by molar-refractivity contribution is -0.150. The SMILES string of the molecule is CC(C)C(C(=O)O)N1CCC(NC(=O)C2CCC(C3CCC3)CC2)C1=O. The number of carboxylic acids is 1. The second kappa shape index (κ2) is 7.97. The zero-order chi connectivity index (χ0) is 18.8. The maximum atomic E-state index is 12.6. The molecule has 1 aliphatic heterocycles. The van der Waals surface area contributed by atoms with Crippen LogP contribution in [0.1, 0.15) is 65.2 Å². The first-order valence-corrected chi connectivity index (χ1v) is 10.2. The Kier molecular flexibility index (Phi) is 5.88. The average molecular weight is 364 g/mol. The Bertz CT molecular complexity index is 550. The smallest absolute Gasteiger partial charge is 0.326 e. The topological polar surface area (TPSA) is 86.7 Å². The molecule has 6 nitrogen and oxygen atoms in total. The van der Waals surface area contributed by atoms with E-state index in [0.717, 1.165) is 37.5 Å². The van der Waals surface area contributed by atoms with Gasteiger partial charge in [0, 0.05) is 12.5 Å². The van der Waals surface area contributed by atoms with Crippen molar-refractivity contribution in [1.82, 2.24) is 10.2 Å². The van der Waals surface area contributed by atoms with Gasteiger partial charge in [0.05, 0.1) is 0 Å². The molecule has 2 atom stereocenters. The molecule has 1 heterocycles.